The molecule has 34 heavy (non-hydrogen) atoms. The summed E-state index contributed by atoms with van der Waals surface area (Å²) >= 11 is 0. The van der Waals surface area contributed by atoms with Gasteiger partial charge in [-0.1, -0.05) is 38.3 Å². The van der Waals surface area contributed by atoms with Crippen molar-refractivity contribution in [3.05, 3.63) is 48.0 Å². The first kappa shape index (κ1) is 24.1. The summed E-state index contributed by atoms with van der Waals surface area (Å²) in [5.74, 6) is 2.22. The van der Waals surface area contributed by atoms with Crippen LogP contribution >= 0.6 is 0 Å². The molecule has 6 heteroatoms. The lowest BCUT2D eigenvalue weighted by molar-refractivity contribution is -0.121. The molecule has 6 nitrogen and oxygen atoms in total. The molecule has 2 aromatic rings. The molecule has 1 heterocycles. The Morgan fingerprint density at radius 3 is 2.74 bits per heavy atom. The van der Waals surface area contributed by atoms with Crippen molar-refractivity contribution >= 4 is 23.2 Å². The van der Waals surface area contributed by atoms with Gasteiger partial charge in [-0.2, -0.15) is 0 Å². The van der Waals surface area contributed by atoms with E-state index in [9.17, 15) is 9.59 Å². The molecule has 2 aliphatic rings. The molecule has 4 rings (SSSR count). The number of hydrogen-bond donors (Lipinski definition) is 1. The van der Waals surface area contributed by atoms with Crippen LogP contribution in [0.25, 0.3) is 0 Å². The number of anilines is 2. The molecular weight excluding hydrogens is 428 g/mol. The summed E-state index contributed by atoms with van der Waals surface area (Å²) in [6.45, 7) is 5.02. The second-order valence-corrected chi connectivity index (χ2v) is 9.53. The van der Waals surface area contributed by atoms with Crippen molar-refractivity contribution < 1.29 is 19.1 Å². The SMILES string of the molecule is CCCCC1CCC(C(=O)Nc2ccc3c(c2)N(CCOc2cccc(C)c2)C(=O)CO3)CC1. The smallest absolute Gasteiger partial charge is 0.265 e. The van der Waals surface area contributed by atoms with Crippen LogP contribution in [-0.2, 0) is 9.59 Å². The summed E-state index contributed by atoms with van der Waals surface area (Å²) in [4.78, 5) is 27.2. The third-order valence-corrected chi connectivity index (χ3v) is 6.93. The maximum atomic E-state index is 12.9. The number of carbonyl (C=O) groups excluding carboxylic acids is 2. The van der Waals surface area contributed by atoms with E-state index < -0.39 is 0 Å². The Bertz CT molecular complexity index is 998. The van der Waals surface area contributed by atoms with Crippen molar-refractivity contribution in [1.82, 2.24) is 0 Å². The number of carbonyl (C=O) groups is 2. The minimum absolute atomic E-state index is 0.00439. The average Bonchev–Trinajstić information content (AvgIpc) is 2.84. The lowest BCUT2D eigenvalue weighted by Gasteiger charge is -2.30. The van der Waals surface area contributed by atoms with Crippen LogP contribution in [0.4, 0.5) is 11.4 Å². The van der Waals surface area contributed by atoms with Gasteiger partial charge in [-0.15, -0.1) is 0 Å². The van der Waals surface area contributed by atoms with Crippen LogP contribution in [0.3, 0.4) is 0 Å². The van der Waals surface area contributed by atoms with E-state index in [0.717, 1.165) is 42.9 Å². The zero-order valence-corrected chi connectivity index (χ0v) is 20.3. The molecule has 2 amide bonds. The van der Waals surface area contributed by atoms with E-state index in [-0.39, 0.29) is 24.3 Å². The molecule has 1 aliphatic heterocycles. The van der Waals surface area contributed by atoms with Gasteiger partial charge < -0.3 is 19.7 Å². The summed E-state index contributed by atoms with van der Waals surface area (Å²) in [5.41, 5.74) is 2.49. The largest absolute Gasteiger partial charge is 0.492 e. The Hall–Kier alpha value is -3.02. The number of hydrogen-bond acceptors (Lipinski definition) is 4. The molecular formula is C28H36N2O4. The number of nitrogens with zero attached hydrogens (tertiary/aromatic N) is 1. The van der Waals surface area contributed by atoms with Crippen molar-refractivity contribution in [2.24, 2.45) is 11.8 Å². The number of rotatable bonds is 9. The first-order valence-electron chi connectivity index (χ1n) is 12.6. The molecule has 182 valence electrons. The van der Waals surface area contributed by atoms with Gasteiger partial charge in [0.15, 0.2) is 6.61 Å². The molecule has 0 aromatic heterocycles. The predicted octanol–water partition coefficient (Wildman–Crippen LogP) is 5.73. The molecule has 0 spiro atoms. The molecule has 1 aliphatic carbocycles. The minimum Gasteiger partial charge on any atom is -0.492 e. The number of benzene rings is 2. The Balaban J connectivity index is 1.36. The minimum atomic E-state index is -0.116. The molecule has 0 unspecified atom stereocenters. The van der Waals surface area contributed by atoms with Crippen LogP contribution in [0.15, 0.2) is 42.5 Å². The highest BCUT2D eigenvalue weighted by molar-refractivity contribution is 5.99. The molecule has 2 aromatic carbocycles. The highest BCUT2D eigenvalue weighted by Gasteiger charge is 2.28. The summed E-state index contributed by atoms with van der Waals surface area (Å²) < 4.78 is 11.5. The standard InChI is InChI=1S/C28H36N2O4/c1-3-4-7-21-9-11-22(12-10-21)28(32)29-23-13-14-26-25(18-23)30(27(31)19-34-26)15-16-33-24-8-5-6-20(2)17-24/h5-6,8,13-14,17-18,21-22H,3-4,7,9-12,15-16,19H2,1-2H3,(H,29,32). The zero-order valence-electron chi connectivity index (χ0n) is 20.3. The zero-order chi connectivity index (χ0) is 23.9. The van der Waals surface area contributed by atoms with Crippen LogP contribution in [0.1, 0.15) is 57.4 Å². The van der Waals surface area contributed by atoms with Gasteiger partial charge in [-0.3, -0.25) is 9.59 Å². The number of unbranched alkanes of at least 4 members (excludes halogenated alkanes) is 1. The fraction of sp³-hybridized carbons (Fsp3) is 0.500. The Kier molecular flexibility index (Phi) is 8.09. The maximum Gasteiger partial charge on any atom is 0.265 e. The second-order valence-electron chi connectivity index (χ2n) is 9.53. The Morgan fingerprint density at radius 1 is 1.15 bits per heavy atom. The van der Waals surface area contributed by atoms with E-state index in [1.165, 1.54) is 19.3 Å². The van der Waals surface area contributed by atoms with E-state index in [1.807, 2.05) is 49.4 Å². The van der Waals surface area contributed by atoms with Crippen molar-refractivity contribution in [3.63, 3.8) is 0 Å². The van der Waals surface area contributed by atoms with Crippen LogP contribution in [0.2, 0.25) is 0 Å². The van der Waals surface area contributed by atoms with E-state index in [0.29, 0.717) is 30.3 Å². The number of amides is 2. The first-order chi connectivity index (χ1) is 16.5. The van der Waals surface area contributed by atoms with E-state index >= 15 is 0 Å². The monoisotopic (exact) mass is 464 g/mol. The van der Waals surface area contributed by atoms with Gasteiger partial charge in [-0.05, 0) is 74.4 Å². The van der Waals surface area contributed by atoms with Crippen molar-refractivity contribution in [2.45, 2.75) is 58.8 Å². The van der Waals surface area contributed by atoms with Crippen molar-refractivity contribution in [2.75, 3.05) is 30.0 Å². The van der Waals surface area contributed by atoms with Crippen LogP contribution in [-0.4, -0.2) is 31.6 Å². The lowest BCUT2D eigenvalue weighted by atomic mass is 9.79. The second kappa shape index (κ2) is 11.4. The van der Waals surface area contributed by atoms with Crippen LogP contribution in [0.5, 0.6) is 11.5 Å². The fourth-order valence-corrected chi connectivity index (χ4v) is 4.94. The first-order valence-corrected chi connectivity index (χ1v) is 12.6. The summed E-state index contributed by atoms with van der Waals surface area (Å²) in [6.07, 6.45) is 7.99. The van der Waals surface area contributed by atoms with Gasteiger partial charge in [-0.25, -0.2) is 0 Å². The van der Waals surface area contributed by atoms with Gasteiger partial charge in [0.05, 0.1) is 12.2 Å². The molecule has 1 fully saturated rings. The average molecular weight is 465 g/mol. The van der Waals surface area contributed by atoms with E-state index in [2.05, 4.69) is 12.2 Å². The summed E-state index contributed by atoms with van der Waals surface area (Å²) in [5, 5.41) is 3.08. The molecule has 1 saturated carbocycles. The van der Waals surface area contributed by atoms with Crippen LogP contribution < -0.4 is 19.7 Å². The number of aryl methyl sites for hydroxylation is 1. The Labute approximate surface area is 202 Å². The van der Waals surface area contributed by atoms with Gasteiger partial charge in [0.1, 0.15) is 18.1 Å². The van der Waals surface area contributed by atoms with E-state index in [4.69, 9.17) is 9.47 Å². The predicted molar refractivity (Wildman–Crippen MR) is 135 cm³/mol. The maximum absolute atomic E-state index is 12.9. The lowest BCUT2D eigenvalue weighted by Crippen LogP contribution is -2.41. The number of fused-ring (bicyclic) bond motifs is 1. The molecule has 0 atom stereocenters. The topological polar surface area (TPSA) is 67.9 Å². The summed E-state index contributed by atoms with van der Waals surface area (Å²) in [6, 6.07) is 13.4. The van der Waals surface area contributed by atoms with Crippen LogP contribution in [0, 0.1) is 18.8 Å². The third-order valence-electron chi connectivity index (χ3n) is 6.93. The van der Waals surface area contributed by atoms with Gasteiger partial charge in [0, 0.05) is 11.6 Å². The van der Waals surface area contributed by atoms with Gasteiger partial charge in [0.2, 0.25) is 5.91 Å². The quantitative estimate of drug-likeness (QED) is 0.514. The van der Waals surface area contributed by atoms with Gasteiger partial charge >= 0.3 is 0 Å². The summed E-state index contributed by atoms with van der Waals surface area (Å²) in [7, 11) is 0. The van der Waals surface area contributed by atoms with E-state index in [1.54, 1.807) is 4.90 Å². The Morgan fingerprint density at radius 2 is 1.97 bits per heavy atom. The molecule has 0 bridgehead atoms. The molecule has 0 saturated heterocycles. The number of ether oxygens (including phenoxy) is 2. The molecule has 1 N–H and O–H groups in total. The molecule has 0 radical (unpaired) electrons. The fourth-order valence-electron chi connectivity index (χ4n) is 4.94. The normalized spacial score (nSPS) is 19.8. The third kappa shape index (κ3) is 6.10. The highest BCUT2D eigenvalue weighted by atomic mass is 16.5. The number of nitrogens with one attached hydrogen (secondary N) is 1. The van der Waals surface area contributed by atoms with Crippen molar-refractivity contribution in [3.8, 4) is 11.5 Å². The van der Waals surface area contributed by atoms with Crippen molar-refractivity contribution in [1.29, 1.82) is 0 Å². The van der Waals surface area contributed by atoms with Gasteiger partial charge in [0.25, 0.3) is 5.91 Å². The highest BCUT2D eigenvalue weighted by Crippen LogP contribution is 2.36.